The van der Waals surface area contributed by atoms with Crippen molar-refractivity contribution in [2.24, 2.45) is 0 Å². The van der Waals surface area contributed by atoms with Crippen LogP contribution < -0.4 is 10.6 Å². The van der Waals surface area contributed by atoms with Gasteiger partial charge >= 0.3 is 6.18 Å². The molecule has 2 heterocycles. The van der Waals surface area contributed by atoms with Crippen LogP contribution in [0.5, 0.6) is 0 Å². The number of nitrogens with one attached hydrogen (secondary N) is 3. The van der Waals surface area contributed by atoms with Crippen LogP contribution in [0.1, 0.15) is 27.0 Å². The summed E-state index contributed by atoms with van der Waals surface area (Å²) in [6.45, 7) is 2.30. The van der Waals surface area contributed by atoms with Gasteiger partial charge in [0.25, 0.3) is 5.91 Å². The van der Waals surface area contributed by atoms with Crippen molar-refractivity contribution in [2.45, 2.75) is 19.6 Å². The van der Waals surface area contributed by atoms with Crippen molar-refractivity contribution in [2.75, 3.05) is 10.6 Å². The van der Waals surface area contributed by atoms with E-state index < -0.39 is 17.6 Å². The van der Waals surface area contributed by atoms with Crippen molar-refractivity contribution in [3.63, 3.8) is 0 Å². The zero-order valence-electron chi connectivity index (χ0n) is 16.8. The molecule has 2 aromatic heterocycles. The zero-order valence-corrected chi connectivity index (χ0v) is 17.6. The van der Waals surface area contributed by atoms with Gasteiger partial charge in [-0.05, 0) is 48.9 Å². The Morgan fingerprint density at radius 1 is 1.16 bits per heavy atom. The number of nitrogens with zero attached hydrogens (tertiary/aromatic N) is 1. The predicted octanol–water partition coefficient (Wildman–Crippen LogP) is 6.41. The molecule has 4 rings (SSSR count). The molecule has 0 aliphatic carbocycles. The van der Waals surface area contributed by atoms with Crippen LogP contribution in [0, 0.1) is 6.92 Å². The normalized spacial score (nSPS) is 11.5. The van der Waals surface area contributed by atoms with Gasteiger partial charge in [0, 0.05) is 46.8 Å². The van der Waals surface area contributed by atoms with Gasteiger partial charge in [-0.3, -0.25) is 4.79 Å². The Kier molecular flexibility index (Phi) is 5.80. The van der Waals surface area contributed by atoms with E-state index in [1.807, 2.05) is 13.0 Å². The lowest BCUT2D eigenvalue weighted by molar-refractivity contribution is -0.137. The first-order valence-corrected chi connectivity index (χ1v) is 10.0. The number of carbonyl (C=O) groups excluding carboxylic acids is 1. The van der Waals surface area contributed by atoms with Gasteiger partial charge in [-0.1, -0.05) is 23.7 Å². The van der Waals surface area contributed by atoms with Crippen LogP contribution in [0.4, 0.5) is 24.5 Å². The molecule has 0 spiro atoms. The quantitative estimate of drug-likeness (QED) is 0.324. The van der Waals surface area contributed by atoms with Gasteiger partial charge < -0.3 is 15.6 Å². The van der Waals surface area contributed by atoms with E-state index in [0.717, 1.165) is 34.3 Å². The summed E-state index contributed by atoms with van der Waals surface area (Å²) >= 11 is 6.46. The van der Waals surface area contributed by atoms with Crippen LogP contribution >= 0.6 is 11.6 Å². The zero-order chi connectivity index (χ0) is 22.9. The third-order valence-corrected chi connectivity index (χ3v) is 5.46. The molecular formula is C23H18ClF3N4O. The number of alkyl halides is 3. The fourth-order valence-corrected chi connectivity index (χ4v) is 3.53. The Bertz CT molecular complexity index is 1300. The van der Waals surface area contributed by atoms with E-state index in [2.05, 4.69) is 20.6 Å². The molecule has 2 aromatic carbocycles. The third-order valence-electron chi connectivity index (χ3n) is 5.01. The van der Waals surface area contributed by atoms with Gasteiger partial charge in [0.2, 0.25) is 0 Å². The Labute approximate surface area is 186 Å². The second-order valence-electron chi connectivity index (χ2n) is 7.25. The molecule has 4 aromatic rings. The molecule has 0 radical (unpaired) electrons. The van der Waals surface area contributed by atoms with Gasteiger partial charge in [-0.25, -0.2) is 4.98 Å². The maximum atomic E-state index is 12.9. The minimum atomic E-state index is -4.52. The summed E-state index contributed by atoms with van der Waals surface area (Å²) in [5.74, 6) is -0.629. The number of pyridine rings is 1. The average Bonchev–Trinajstić information content (AvgIpc) is 3.24. The molecular weight excluding hydrogens is 441 g/mol. The molecule has 0 fully saturated rings. The first-order valence-electron chi connectivity index (χ1n) is 9.66. The first-order chi connectivity index (χ1) is 15.2. The molecule has 0 atom stereocenters. The highest BCUT2D eigenvalue weighted by atomic mass is 35.5. The molecule has 0 saturated carbocycles. The number of aryl methyl sites for hydroxylation is 1. The fraction of sp³-hybridized carbons (Fsp3) is 0.130. The monoisotopic (exact) mass is 458 g/mol. The molecule has 0 aliphatic heterocycles. The summed E-state index contributed by atoms with van der Waals surface area (Å²) < 4.78 is 38.8. The number of benzene rings is 2. The highest BCUT2D eigenvalue weighted by molar-refractivity contribution is 6.36. The van der Waals surface area contributed by atoms with Crippen molar-refractivity contribution < 1.29 is 18.0 Å². The molecule has 32 heavy (non-hydrogen) atoms. The van der Waals surface area contributed by atoms with Crippen molar-refractivity contribution in [1.82, 2.24) is 9.97 Å². The number of carbonyl (C=O) groups is 1. The third kappa shape index (κ3) is 4.55. The van der Waals surface area contributed by atoms with E-state index >= 15 is 0 Å². The minimum Gasteiger partial charge on any atom is -0.381 e. The largest absolute Gasteiger partial charge is 0.416 e. The number of anilines is 2. The first kappa shape index (κ1) is 21.7. The van der Waals surface area contributed by atoms with Gasteiger partial charge in [0.05, 0.1) is 10.6 Å². The van der Waals surface area contributed by atoms with Crippen LogP contribution in [0.15, 0.2) is 60.9 Å². The summed E-state index contributed by atoms with van der Waals surface area (Å²) in [7, 11) is 0. The van der Waals surface area contributed by atoms with E-state index in [-0.39, 0.29) is 5.56 Å². The highest BCUT2D eigenvalue weighted by Crippen LogP contribution is 2.30. The van der Waals surface area contributed by atoms with E-state index in [1.54, 1.807) is 30.6 Å². The molecule has 9 heteroatoms. The van der Waals surface area contributed by atoms with Crippen molar-refractivity contribution in [3.05, 3.63) is 88.2 Å². The lowest BCUT2D eigenvalue weighted by atomic mass is 10.1. The predicted molar refractivity (Wildman–Crippen MR) is 119 cm³/mol. The summed E-state index contributed by atoms with van der Waals surface area (Å²) in [6, 6.07) is 11.4. The number of fused-ring (bicyclic) bond motifs is 1. The summed E-state index contributed by atoms with van der Waals surface area (Å²) in [5, 5.41) is 7.34. The van der Waals surface area contributed by atoms with E-state index in [9.17, 15) is 18.0 Å². The topological polar surface area (TPSA) is 69.8 Å². The Balaban J connectivity index is 1.50. The molecule has 0 aliphatic rings. The number of hydrogen-bond acceptors (Lipinski definition) is 3. The molecule has 0 bridgehead atoms. The Morgan fingerprint density at radius 2 is 1.97 bits per heavy atom. The number of H-pyrrole nitrogens is 1. The molecule has 1 amide bonds. The molecule has 5 nitrogen and oxygen atoms in total. The number of rotatable bonds is 5. The van der Waals surface area contributed by atoms with Crippen LogP contribution in [0.25, 0.3) is 11.0 Å². The van der Waals surface area contributed by atoms with Crippen molar-refractivity contribution in [3.8, 4) is 0 Å². The van der Waals surface area contributed by atoms with Gasteiger partial charge in [0.1, 0.15) is 5.65 Å². The smallest absolute Gasteiger partial charge is 0.381 e. The maximum absolute atomic E-state index is 12.9. The van der Waals surface area contributed by atoms with Gasteiger partial charge in [0.15, 0.2) is 0 Å². The minimum absolute atomic E-state index is 0.0763. The van der Waals surface area contributed by atoms with E-state index in [4.69, 9.17) is 11.6 Å². The van der Waals surface area contributed by atoms with Gasteiger partial charge in [-0.15, -0.1) is 0 Å². The van der Waals surface area contributed by atoms with Gasteiger partial charge in [-0.2, -0.15) is 13.2 Å². The molecule has 0 saturated heterocycles. The Hall–Kier alpha value is -3.52. The van der Waals surface area contributed by atoms with Crippen LogP contribution in [0.2, 0.25) is 5.02 Å². The number of aromatic nitrogens is 2. The summed E-state index contributed by atoms with van der Waals surface area (Å²) in [6.07, 6.45) is -1.07. The molecule has 164 valence electrons. The van der Waals surface area contributed by atoms with Crippen LogP contribution in [-0.4, -0.2) is 15.9 Å². The number of amides is 1. The molecule has 0 unspecified atom stereocenters. The second kappa shape index (κ2) is 8.55. The Morgan fingerprint density at radius 3 is 2.75 bits per heavy atom. The van der Waals surface area contributed by atoms with Crippen LogP contribution in [-0.2, 0) is 12.7 Å². The SMILES string of the molecule is Cc1ccc(NC(=O)c2cccc(C(F)(F)F)c2)cc1NCc1cnc2[nH]ccc2c1Cl. The second-order valence-corrected chi connectivity index (χ2v) is 7.63. The summed E-state index contributed by atoms with van der Waals surface area (Å²) in [5.41, 5.74) is 2.68. The van der Waals surface area contributed by atoms with E-state index in [0.29, 0.717) is 22.9 Å². The summed E-state index contributed by atoms with van der Waals surface area (Å²) in [4.78, 5) is 19.8. The standard InChI is InChI=1S/C23H18ClF3N4O/c1-13-5-6-17(31-22(32)14-3-2-4-16(9-14)23(25,26)27)10-19(13)29-11-15-12-30-21-18(20(15)24)7-8-28-21/h2-10,12,29H,11H2,1H3,(H,28,30)(H,31,32). The number of aromatic amines is 1. The van der Waals surface area contributed by atoms with Crippen molar-refractivity contribution in [1.29, 1.82) is 0 Å². The van der Waals surface area contributed by atoms with Crippen LogP contribution in [0.3, 0.4) is 0 Å². The van der Waals surface area contributed by atoms with E-state index in [1.165, 1.54) is 12.1 Å². The lowest BCUT2D eigenvalue weighted by Crippen LogP contribution is -2.14. The maximum Gasteiger partial charge on any atom is 0.416 e. The average molecular weight is 459 g/mol. The number of hydrogen-bond donors (Lipinski definition) is 3. The molecule has 3 N–H and O–H groups in total. The van der Waals surface area contributed by atoms with Crippen molar-refractivity contribution >= 4 is 39.9 Å². The highest BCUT2D eigenvalue weighted by Gasteiger charge is 2.30. The lowest BCUT2D eigenvalue weighted by Gasteiger charge is -2.14. The fourth-order valence-electron chi connectivity index (χ4n) is 3.26. The number of halogens is 4.